The minimum atomic E-state index is 0.227. The van der Waals surface area contributed by atoms with Gasteiger partial charge >= 0.3 is 0 Å². The van der Waals surface area contributed by atoms with E-state index >= 15 is 0 Å². The van der Waals surface area contributed by atoms with E-state index in [1.54, 1.807) is 6.07 Å². The smallest absolute Gasteiger partial charge is 0.240 e. The van der Waals surface area contributed by atoms with E-state index in [0.29, 0.717) is 16.7 Å². The standard InChI is InChI=1S/C9H7BrClN3O/c10-8-5(2-1-3-6(8)11)9-13-7(4-12)15-14-9/h1-3H,4,12H2. The lowest BCUT2D eigenvalue weighted by atomic mass is 10.2. The van der Waals surface area contributed by atoms with Crippen molar-refractivity contribution in [3.63, 3.8) is 0 Å². The van der Waals surface area contributed by atoms with E-state index in [1.165, 1.54) is 0 Å². The third kappa shape index (κ3) is 2.04. The third-order valence-electron chi connectivity index (χ3n) is 1.84. The molecule has 0 aliphatic heterocycles. The quantitative estimate of drug-likeness (QED) is 0.922. The molecule has 2 N–H and O–H groups in total. The zero-order valence-electron chi connectivity index (χ0n) is 7.58. The summed E-state index contributed by atoms with van der Waals surface area (Å²) in [4.78, 5) is 4.11. The fourth-order valence-electron chi connectivity index (χ4n) is 1.12. The largest absolute Gasteiger partial charge is 0.338 e. The molecule has 6 heteroatoms. The van der Waals surface area contributed by atoms with Gasteiger partial charge in [-0.15, -0.1) is 0 Å². The summed E-state index contributed by atoms with van der Waals surface area (Å²) in [5, 5.41) is 4.41. The topological polar surface area (TPSA) is 64.9 Å². The predicted octanol–water partition coefficient (Wildman–Crippen LogP) is 2.61. The average molecular weight is 289 g/mol. The lowest BCUT2D eigenvalue weighted by molar-refractivity contribution is 0.380. The van der Waals surface area contributed by atoms with Gasteiger partial charge in [0.25, 0.3) is 0 Å². The summed E-state index contributed by atoms with van der Waals surface area (Å²) in [6.07, 6.45) is 0. The van der Waals surface area contributed by atoms with Crippen LogP contribution in [0.2, 0.25) is 5.02 Å². The second-order valence-electron chi connectivity index (χ2n) is 2.82. The Balaban J connectivity index is 2.49. The SMILES string of the molecule is NCc1nc(-c2cccc(Cl)c2Br)no1. The van der Waals surface area contributed by atoms with Crippen LogP contribution in [-0.4, -0.2) is 10.1 Å². The van der Waals surface area contributed by atoms with Gasteiger partial charge in [-0.1, -0.05) is 22.8 Å². The van der Waals surface area contributed by atoms with Gasteiger partial charge in [-0.3, -0.25) is 0 Å². The van der Waals surface area contributed by atoms with E-state index in [0.717, 1.165) is 10.0 Å². The molecule has 0 aliphatic carbocycles. The summed E-state index contributed by atoms with van der Waals surface area (Å²) < 4.78 is 5.66. The Bertz CT molecular complexity index is 486. The maximum Gasteiger partial charge on any atom is 0.240 e. The maximum absolute atomic E-state index is 5.95. The lowest BCUT2D eigenvalue weighted by Gasteiger charge is -1.99. The van der Waals surface area contributed by atoms with Crippen LogP contribution in [0, 0.1) is 0 Å². The van der Waals surface area contributed by atoms with Gasteiger partial charge in [0.15, 0.2) is 0 Å². The molecule has 4 nitrogen and oxygen atoms in total. The number of nitrogens with zero attached hydrogens (tertiary/aromatic N) is 2. The summed E-state index contributed by atoms with van der Waals surface area (Å²) in [5.41, 5.74) is 6.16. The Morgan fingerprint density at radius 2 is 2.27 bits per heavy atom. The molecule has 0 fully saturated rings. The Morgan fingerprint density at radius 3 is 2.93 bits per heavy atom. The zero-order chi connectivity index (χ0) is 10.8. The van der Waals surface area contributed by atoms with Crippen molar-refractivity contribution in [2.75, 3.05) is 0 Å². The highest BCUT2D eigenvalue weighted by molar-refractivity contribution is 9.10. The van der Waals surface area contributed by atoms with Gasteiger partial charge in [0.2, 0.25) is 11.7 Å². The average Bonchev–Trinajstić information content (AvgIpc) is 2.70. The van der Waals surface area contributed by atoms with Crippen LogP contribution in [0.3, 0.4) is 0 Å². The number of aromatic nitrogens is 2. The van der Waals surface area contributed by atoms with Crippen LogP contribution in [0.5, 0.6) is 0 Å². The highest BCUT2D eigenvalue weighted by Crippen LogP contribution is 2.31. The highest BCUT2D eigenvalue weighted by Gasteiger charge is 2.12. The molecule has 0 spiro atoms. The van der Waals surface area contributed by atoms with Crippen molar-refractivity contribution in [2.45, 2.75) is 6.54 Å². The van der Waals surface area contributed by atoms with Gasteiger partial charge in [-0.2, -0.15) is 4.98 Å². The summed E-state index contributed by atoms with van der Waals surface area (Å²) in [5.74, 6) is 0.877. The Labute approximate surface area is 99.5 Å². The van der Waals surface area contributed by atoms with Gasteiger partial charge in [0, 0.05) is 10.0 Å². The van der Waals surface area contributed by atoms with E-state index in [9.17, 15) is 0 Å². The van der Waals surface area contributed by atoms with Crippen molar-refractivity contribution in [3.05, 3.63) is 33.6 Å². The molecule has 0 aliphatic rings. The van der Waals surface area contributed by atoms with Gasteiger partial charge in [0.05, 0.1) is 11.6 Å². The van der Waals surface area contributed by atoms with Crippen molar-refractivity contribution in [1.29, 1.82) is 0 Å². The van der Waals surface area contributed by atoms with Crippen molar-refractivity contribution < 1.29 is 4.52 Å². The number of nitrogens with two attached hydrogens (primary N) is 1. The van der Waals surface area contributed by atoms with E-state index in [1.807, 2.05) is 12.1 Å². The summed E-state index contributed by atoms with van der Waals surface area (Å²) in [6, 6.07) is 5.45. The minimum absolute atomic E-state index is 0.227. The molecule has 0 radical (unpaired) electrons. The van der Waals surface area contributed by atoms with Crippen LogP contribution in [0.4, 0.5) is 0 Å². The van der Waals surface area contributed by atoms with E-state index < -0.39 is 0 Å². The van der Waals surface area contributed by atoms with Gasteiger partial charge < -0.3 is 10.3 Å². The highest BCUT2D eigenvalue weighted by atomic mass is 79.9. The summed E-state index contributed by atoms with van der Waals surface area (Å²) in [6.45, 7) is 0.227. The number of hydrogen-bond donors (Lipinski definition) is 1. The molecule has 0 bridgehead atoms. The monoisotopic (exact) mass is 287 g/mol. The molecule has 2 rings (SSSR count). The second-order valence-corrected chi connectivity index (χ2v) is 4.02. The molecule has 78 valence electrons. The molecular formula is C9H7BrClN3O. The first kappa shape index (κ1) is 10.6. The first-order chi connectivity index (χ1) is 7.22. The van der Waals surface area contributed by atoms with E-state index in [2.05, 4.69) is 26.1 Å². The van der Waals surface area contributed by atoms with Crippen molar-refractivity contribution >= 4 is 27.5 Å². The Morgan fingerprint density at radius 1 is 1.47 bits per heavy atom. The first-order valence-electron chi connectivity index (χ1n) is 4.19. The van der Waals surface area contributed by atoms with Crippen molar-refractivity contribution in [3.8, 4) is 11.4 Å². The van der Waals surface area contributed by atoms with Crippen LogP contribution in [-0.2, 0) is 6.54 Å². The molecular weight excluding hydrogens is 281 g/mol. The van der Waals surface area contributed by atoms with Crippen LogP contribution in [0.25, 0.3) is 11.4 Å². The minimum Gasteiger partial charge on any atom is -0.338 e. The van der Waals surface area contributed by atoms with Gasteiger partial charge in [-0.25, -0.2) is 0 Å². The van der Waals surface area contributed by atoms with E-state index in [4.69, 9.17) is 21.9 Å². The number of rotatable bonds is 2. The van der Waals surface area contributed by atoms with Gasteiger partial charge in [0.1, 0.15) is 0 Å². The molecule has 2 aromatic rings. The van der Waals surface area contributed by atoms with Gasteiger partial charge in [-0.05, 0) is 28.1 Å². The molecule has 0 amide bonds. The molecule has 0 atom stereocenters. The summed E-state index contributed by atoms with van der Waals surface area (Å²) in [7, 11) is 0. The fourth-order valence-corrected chi connectivity index (χ4v) is 1.74. The number of hydrogen-bond acceptors (Lipinski definition) is 4. The van der Waals surface area contributed by atoms with Crippen LogP contribution < -0.4 is 5.73 Å². The molecule has 1 aromatic heterocycles. The molecule has 0 saturated heterocycles. The second kappa shape index (κ2) is 4.30. The first-order valence-corrected chi connectivity index (χ1v) is 5.36. The van der Waals surface area contributed by atoms with Crippen molar-refractivity contribution in [2.24, 2.45) is 5.73 Å². The molecule has 15 heavy (non-hydrogen) atoms. The molecule has 1 heterocycles. The third-order valence-corrected chi connectivity index (χ3v) is 3.23. The molecule has 1 aromatic carbocycles. The lowest BCUT2D eigenvalue weighted by Crippen LogP contribution is -1.95. The van der Waals surface area contributed by atoms with Crippen LogP contribution in [0.1, 0.15) is 5.89 Å². The maximum atomic E-state index is 5.95. The fraction of sp³-hybridized carbons (Fsp3) is 0.111. The summed E-state index contributed by atoms with van der Waals surface area (Å²) >= 11 is 9.31. The van der Waals surface area contributed by atoms with Crippen molar-refractivity contribution in [1.82, 2.24) is 10.1 Å². The van der Waals surface area contributed by atoms with E-state index in [-0.39, 0.29) is 6.54 Å². The van der Waals surface area contributed by atoms with Crippen LogP contribution >= 0.6 is 27.5 Å². The van der Waals surface area contributed by atoms with Crippen LogP contribution in [0.15, 0.2) is 27.2 Å². The number of halogens is 2. The Hall–Kier alpha value is -0.910. The molecule has 0 saturated carbocycles. The molecule has 0 unspecified atom stereocenters. The Kier molecular flexibility index (Phi) is 3.04. The normalized spacial score (nSPS) is 10.6. The number of benzene rings is 1. The predicted molar refractivity (Wildman–Crippen MR) is 60.3 cm³/mol. The zero-order valence-corrected chi connectivity index (χ0v) is 9.92.